The van der Waals surface area contributed by atoms with Gasteiger partial charge in [0.15, 0.2) is 0 Å². The Balaban J connectivity index is 3.77. The minimum Gasteiger partial charge on any atom is -0.413 e. The van der Waals surface area contributed by atoms with Crippen LogP contribution >= 0.6 is 0 Å². The van der Waals surface area contributed by atoms with Crippen LogP contribution in [0.5, 0.6) is 0 Å². The predicted octanol–water partition coefficient (Wildman–Crippen LogP) is 1.46. The first kappa shape index (κ1) is 12.9. The summed E-state index contributed by atoms with van der Waals surface area (Å²) in [5.74, 6) is 0.564. The highest BCUT2D eigenvalue weighted by Gasteiger charge is 2.26. The van der Waals surface area contributed by atoms with Crippen LogP contribution in [0, 0.1) is 5.92 Å². The molecule has 0 aromatic carbocycles. The van der Waals surface area contributed by atoms with E-state index in [1.165, 1.54) is 0 Å². The van der Waals surface area contributed by atoms with Crippen LogP contribution in [-0.2, 0) is 9.31 Å². The van der Waals surface area contributed by atoms with Crippen LogP contribution in [0.15, 0.2) is 0 Å². The third-order valence-electron chi connectivity index (χ3n) is 1.81. The van der Waals surface area contributed by atoms with Gasteiger partial charge in [-0.2, -0.15) is 0 Å². The van der Waals surface area contributed by atoms with E-state index in [0.717, 1.165) is 12.8 Å². The van der Waals surface area contributed by atoms with Gasteiger partial charge in [0.25, 0.3) is 0 Å². The quantitative estimate of drug-likeness (QED) is 0.613. The zero-order valence-electron chi connectivity index (χ0n) is 9.25. The van der Waals surface area contributed by atoms with Gasteiger partial charge in [-0.1, -0.05) is 20.8 Å². The molecule has 0 bridgehead atoms. The Kier molecular flexibility index (Phi) is 7.33. The highest BCUT2D eigenvalue weighted by molar-refractivity contribution is 6.46. The Labute approximate surface area is 82.1 Å². The maximum absolute atomic E-state index is 5.92. The van der Waals surface area contributed by atoms with Crippen molar-refractivity contribution in [3.8, 4) is 0 Å². The summed E-state index contributed by atoms with van der Waals surface area (Å²) in [5, 5.41) is 0. The van der Waals surface area contributed by atoms with Gasteiger partial charge in [-0.15, -0.1) is 0 Å². The monoisotopic (exact) mass is 187 g/mol. The highest BCUT2D eigenvalue weighted by Crippen LogP contribution is 2.06. The van der Waals surface area contributed by atoms with E-state index < -0.39 is 0 Å². The van der Waals surface area contributed by atoms with Gasteiger partial charge in [0, 0.05) is 19.7 Å². The van der Waals surface area contributed by atoms with Crippen molar-refractivity contribution >= 4 is 7.12 Å². The third kappa shape index (κ3) is 6.08. The van der Waals surface area contributed by atoms with Crippen molar-refractivity contribution in [2.75, 3.05) is 13.7 Å². The van der Waals surface area contributed by atoms with Gasteiger partial charge >= 0.3 is 7.12 Å². The molecule has 0 saturated carbocycles. The van der Waals surface area contributed by atoms with Gasteiger partial charge in [0.2, 0.25) is 0 Å². The standard InChI is InChI=1S/C9H22BNO2/c1-5-6-13-10(12-4)9(11)7-8(2)3/h8-9H,5-7,11H2,1-4H3. The number of rotatable bonds is 7. The van der Waals surface area contributed by atoms with Crippen molar-refractivity contribution in [2.45, 2.75) is 39.6 Å². The smallest absolute Gasteiger partial charge is 0.413 e. The molecule has 0 aliphatic heterocycles. The summed E-state index contributed by atoms with van der Waals surface area (Å²) in [6.45, 7) is 7.07. The molecule has 78 valence electrons. The fraction of sp³-hybridized carbons (Fsp3) is 1.00. The van der Waals surface area contributed by atoms with Gasteiger partial charge < -0.3 is 15.0 Å². The van der Waals surface area contributed by atoms with Crippen LogP contribution in [0.2, 0.25) is 0 Å². The fourth-order valence-electron chi connectivity index (χ4n) is 1.26. The fourth-order valence-corrected chi connectivity index (χ4v) is 1.26. The van der Waals surface area contributed by atoms with Crippen molar-refractivity contribution in [1.82, 2.24) is 0 Å². The van der Waals surface area contributed by atoms with E-state index in [9.17, 15) is 0 Å². The summed E-state index contributed by atoms with van der Waals surface area (Å²) in [6, 6.07) is 0. The summed E-state index contributed by atoms with van der Waals surface area (Å²) < 4.78 is 10.6. The lowest BCUT2D eigenvalue weighted by Crippen LogP contribution is -2.43. The first-order valence-corrected chi connectivity index (χ1v) is 5.01. The molecule has 0 radical (unpaired) electrons. The third-order valence-corrected chi connectivity index (χ3v) is 1.81. The zero-order chi connectivity index (χ0) is 10.3. The molecule has 0 aromatic rings. The molecule has 0 aliphatic rings. The molecule has 1 atom stereocenters. The van der Waals surface area contributed by atoms with Crippen LogP contribution in [0.3, 0.4) is 0 Å². The molecule has 0 aliphatic carbocycles. The van der Waals surface area contributed by atoms with Gasteiger partial charge in [-0.3, -0.25) is 0 Å². The topological polar surface area (TPSA) is 44.5 Å². The van der Waals surface area contributed by atoms with E-state index in [1.807, 2.05) is 0 Å². The normalized spacial score (nSPS) is 13.4. The Morgan fingerprint density at radius 3 is 2.38 bits per heavy atom. The maximum Gasteiger partial charge on any atom is 0.474 e. The maximum atomic E-state index is 5.92. The molecule has 4 heteroatoms. The van der Waals surface area contributed by atoms with E-state index in [4.69, 9.17) is 15.0 Å². The van der Waals surface area contributed by atoms with Crippen LogP contribution in [0.4, 0.5) is 0 Å². The van der Waals surface area contributed by atoms with Crippen molar-refractivity contribution in [3.63, 3.8) is 0 Å². The predicted molar refractivity (Wildman–Crippen MR) is 56.4 cm³/mol. The minimum atomic E-state index is -0.248. The Bertz CT molecular complexity index is 122. The average molecular weight is 187 g/mol. The molecule has 3 nitrogen and oxygen atoms in total. The van der Waals surface area contributed by atoms with E-state index in [0.29, 0.717) is 12.5 Å². The van der Waals surface area contributed by atoms with E-state index in [-0.39, 0.29) is 13.1 Å². The molecule has 0 fully saturated rings. The van der Waals surface area contributed by atoms with Crippen LogP contribution in [0.1, 0.15) is 33.6 Å². The SMILES string of the molecule is CCCOB(OC)C(N)CC(C)C. The lowest BCUT2D eigenvalue weighted by molar-refractivity contribution is 0.216. The molecular formula is C9H22BNO2. The minimum absolute atomic E-state index is 0.0171. The van der Waals surface area contributed by atoms with Crippen molar-refractivity contribution in [2.24, 2.45) is 11.7 Å². The molecule has 0 spiro atoms. The number of hydrogen-bond acceptors (Lipinski definition) is 3. The molecule has 0 amide bonds. The molecule has 0 saturated heterocycles. The summed E-state index contributed by atoms with van der Waals surface area (Å²) in [6.07, 6.45) is 1.93. The molecule has 0 heterocycles. The van der Waals surface area contributed by atoms with E-state index in [2.05, 4.69) is 20.8 Å². The number of hydrogen-bond donors (Lipinski definition) is 1. The van der Waals surface area contributed by atoms with Crippen molar-refractivity contribution < 1.29 is 9.31 Å². The molecule has 1 unspecified atom stereocenters. The summed E-state index contributed by atoms with van der Waals surface area (Å²) >= 11 is 0. The van der Waals surface area contributed by atoms with Gasteiger partial charge in [-0.05, 0) is 18.8 Å². The first-order chi connectivity index (χ1) is 6.11. The van der Waals surface area contributed by atoms with Gasteiger partial charge in [0.1, 0.15) is 0 Å². The van der Waals surface area contributed by atoms with Crippen molar-refractivity contribution in [3.05, 3.63) is 0 Å². The second-order valence-electron chi connectivity index (χ2n) is 3.77. The lowest BCUT2D eigenvalue weighted by atomic mass is 9.74. The van der Waals surface area contributed by atoms with E-state index in [1.54, 1.807) is 7.11 Å². The van der Waals surface area contributed by atoms with Crippen LogP contribution in [-0.4, -0.2) is 26.8 Å². The number of nitrogens with two attached hydrogens (primary N) is 1. The second kappa shape index (κ2) is 7.36. The largest absolute Gasteiger partial charge is 0.474 e. The summed E-state index contributed by atoms with van der Waals surface area (Å²) in [5.41, 5.74) is 5.92. The van der Waals surface area contributed by atoms with Gasteiger partial charge in [0.05, 0.1) is 0 Å². The van der Waals surface area contributed by atoms with Crippen LogP contribution < -0.4 is 5.73 Å². The zero-order valence-corrected chi connectivity index (χ0v) is 9.25. The van der Waals surface area contributed by atoms with Crippen LogP contribution in [0.25, 0.3) is 0 Å². The molecule has 0 rings (SSSR count). The molecule has 0 aromatic heterocycles. The summed E-state index contributed by atoms with van der Waals surface area (Å²) in [4.78, 5) is 0. The second-order valence-corrected chi connectivity index (χ2v) is 3.77. The Hall–Kier alpha value is -0.0551. The Morgan fingerprint density at radius 2 is 2.00 bits per heavy atom. The highest BCUT2D eigenvalue weighted by atomic mass is 16.6. The molecule has 2 N–H and O–H groups in total. The average Bonchev–Trinajstić information content (AvgIpc) is 2.04. The van der Waals surface area contributed by atoms with Crippen molar-refractivity contribution in [1.29, 1.82) is 0 Å². The molecule has 13 heavy (non-hydrogen) atoms. The van der Waals surface area contributed by atoms with Gasteiger partial charge in [-0.25, -0.2) is 0 Å². The lowest BCUT2D eigenvalue weighted by Gasteiger charge is -2.19. The summed E-state index contributed by atoms with van der Waals surface area (Å²) in [7, 11) is 1.39. The Morgan fingerprint density at radius 1 is 1.38 bits per heavy atom. The molecular weight excluding hydrogens is 165 g/mol. The van der Waals surface area contributed by atoms with E-state index >= 15 is 0 Å². The first-order valence-electron chi connectivity index (χ1n) is 5.01.